The highest BCUT2D eigenvalue weighted by Gasteiger charge is 2.32. The fourth-order valence-electron chi connectivity index (χ4n) is 3.73. The lowest BCUT2D eigenvalue weighted by Crippen LogP contribution is -2.38. The Kier molecular flexibility index (Phi) is 6.09. The van der Waals surface area contributed by atoms with Gasteiger partial charge in [0.25, 0.3) is 0 Å². The van der Waals surface area contributed by atoms with E-state index in [-0.39, 0.29) is 24.6 Å². The van der Waals surface area contributed by atoms with Crippen LogP contribution in [0.15, 0.2) is 71.9 Å². The van der Waals surface area contributed by atoms with Crippen molar-refractivity contribution < 1.29 is 28.5 Å². The summed E-state index contributed by atoms with van der Waals surface area (Å²) in [6.07, 6.45) is 0. The van der Waals surface area contributed by atoms with Crippen LogP contribution in [0.4, 0.5) is 5.69 Å². The third-order valence-electron chi connectivity index (χ3n) is 5.37. The minimum Gasteiger partial charge on any atom is -0.497 e. The van der Waals surface area contributed by atoms with Gasteiger partial charge in [0.15, 0.2) is 0 Å². The largest absolute Gasteiger partial charge is 0.497 e. The van der Waals surface area contributed by atoms with Crippen LogP contribution in [0.25, 0.3) is 21.9 Å². The Morgan fingerprint density at radius 2 is 1.56 bits per heavy atom. The number of ether oxygens (including phenoxy) is 4. The molecule has 0 aromatic heterocycles. The van der Waals surface area contributed by atoms with Crippen LogP contribution in [-0.2, 0) is 23.8 Å². The van der Waals surface area contributed by atoms with Gasteiger partial charge in [-0.2, -0.15) is 0 Å². The van der Waals surface area contributed by atoms with E-state index in [1.54, 1.807) is 12.0 Å². The molecule has 0 amide bonds. The predicted octanol–water partition coefficient (Wildman–Crippen LogP) is 3.91. The quantitative estimate of drug-likeness (QED) is 0.565. The zero-order chi connectivity index (χ0) is 22.7. The number of anilines is 1. The van der Waals surface area contributed by atoms with E-state index in [1.807, 2.05) is 54.6 Å². The molecule has 0 fully saturated rings. The monoisotopic (exact) mass is 433 g/mol. The molecular formula is C25H23NO6. The summed E-state index contributed by atoms with van der Waals surface area (Å²) in [5.41, 5.74) is 2.90. The summed E-state index contributed by atoms with van der Waals surface area (Å²) in [7, 11) is 4.19. The summed E-state index contributed by atoms with van der Waals surface area (Å²) in [4.78, 5) is 26.4. The van der Waals surface area contributed by atoms with E-state index in [4.69, 9.17) is 18.9 Å². The van der Waals surface area contributed by atoms with E-state index in [2.05, 4.69) is 6.07 Å². The van der Waals surface area contributed by atoms with Crippen molar-refractivity contribution in [3.8, 4) is 16.9 Å². The Hall–Kier alpha value is -3.84. The molecule has 0 unspecified atom stereocenters. The molecule has 0 spiro atoms. The van der Waals surface area contributed by atoms with E-state index in [0.29, 0.717) is 5.69 Å². The van der Waals surface area contributed by atoms with E-state index >= 15 is 0 Å². The number of nitrogens with zero attached hydrogens (tertiary/aromatic N) is 1. The van der Waals surface area contributed by atoms with Gasteiger partial charge in [-0.15, -0.1) is 0 Å². The van der Waals surface area contributed by atoms with E-state index in [1.165, 1.54) is 14.2 Å². The molecule has 7 nitrogen and oxygen atoms in total. The van der Waals surface area contributed by atoms with Crippen molar-refractivity contribution in [1.82, 2.24) is 0 Å². The van der Waals surface area contributed by atoms with Crippen molar-refractivity contribution in [2.75, 3.05) is 39.6 Å². The molecule has 0 aliphatic carbocycles. The van der Waals surface area contributed by atoms with Gasteiger partial charge in [-0.1, -0.05) is 30.3 Å². The van der Waals surface area contributed by atoms with Gasteiger partial charge in [-0.05, 0) is 52.2 Å². The Labute approximate surface area is 185 Å². The first-order valence-corrected chi connectivity index (χ1v) is 9.99. The summed E-state index contributed by atoms with van der Waals surface area (Å²) in [5, 5.41) is 2.16. The van der Waals surface area contributed by atoms with Crippen LogP contribution in [0.5, 0.6) is 5.75 Å². The molecule has 0 radical (unpaired) electrons. The Bertz CT molecular complexity index is 1220. The van der Waals surface area contributed by atoms with Gasteiger partial charge < -0.3 is 23.8 Å². The molecule has 32 heavy (non-hydrogen) atoms. The standard InChI is InChI=1S/C25H23NO6/c1-29-21-10-9-18-11-17(7-8-19(18)13-21)16-5-4-6-20(12-16)26-15-32-14-22(24(27)30-2)23(26)25(28)31-3/h4-13H,14-15H2,1-3H3. The van der Waals surface area contributed by atoms with Crippen LogP contribution < -0.4 is 9.64 Å². The van der Waals surface area contributed by atoms with Gasteiger partial charge >= 0.3 is 11.9 Å². The first kappa shape index (κ1) is 21.4. The van der Waals surface area contributed by atoms with Crippen molar-refractivity contribution in [2.45, 2.75) is 0 Å². The maximum Gasteiger partial charge on any atom is 0.355 e. The van der Waals surface area contributed by atoms with Gasteiger partial charge in [0.05, 0.1) is 33.5 Å². The molecule has 1 aliphatic rings. The first-order valence-electron chi connectivity index (χ1n) is 9.99. The molecule has 7 heteroatoms. The molecular weight excluding hydrogens is 410 g/mol. The van der Waals surface area contributed by atoms with Crippen molar-refractivity contribution in [3.63, 3.8) is 0 Å². The third kappa shape index (κ3) is 4.02. The van der Waals surface area contributed by atoms with Gasteiger partial charge in [0, 0.05) is 5.69 Å². The Morgan fingerprint density at radius 1 is 0.844 bits per heavy atom. The van der Waals surface area contributed by atoms with E-state index in [9.17, 15) is 9.59 Å². The molecule has 4 rings (SSSR count). The molecule has 0 bridgehead atoms. The normalized spacial score (nSPS) is 13.8. The fourth-order valence-corrected chi connectivity index (χ4v) is 3.73. The lowest BCUT2D eigenvalue weighted by atomic mass is 10.0. The van der Waals surface area contributed by atoms with Crippen molar-refractivity contribution >= 4 is 28.4 Å². The van der Waals surface area contributed by atoms with Crippen LogP contribution in [0, 0.1) is 0 Å². The number of fused-ring (bicyclic) bond motifs is 1. The van der Waals surface area contributed by atoms with Crippen LogP contribution in [0.1, 0.15) is 0 Å². The highest BCUT2D eigenvalue weighted by atomic mass is 16.5. The number of carbonyl (C=O) groups excluding carboxylic acids is 2. The summed E-state index contributed by atoms with van der Waals surface area (Å²) in [5.74, 6) is -0.448. The fraction of sp³-hybridized carbons (Fsp3) is 0.200. The first-order chi connectivity index (χ1) is 15.5. The Balaban J connectivity index is 1.75. The van der Waals surface area contributed by atoms with E-state index in [0.717, 1.165) is 27.6 Å². The summed E-state index contributed by atoms with van der Waals surface area (Å²) < 4.78 is 20.6. The average Bonchev–Trinajstić information content (AvgIpc) is 2.86. The van der Waals surface area contributed by atoms with Gasteiger partial charge in [-0.25, -0.2) is 9.59 Å². The number of methoxy groups -OCH3 is 3. The molecule has 0 N–H and O–H groups in total. The molecule has 0 saturated heterocycles. The van der Waals surface area contributed by atoms with Crippen LogP contribution in [0.3, 0.4) is 0 Å². The third-order valence-corrected chi connectivity index (χ3v) is 5.37. The summed E-state index contributed by atoms with van der Waals surface area (Å²) in [6.45, 7) is 0.0767. The van der Waals surface area contributed by atoms with Crippen molar-refractivity contribution in [1.29, 1.82) is 0 Å². The predicted molar refractivity (Wildman–Crippen MR) is 120 cm³/mol. The number of hydrogen-bond donors (Lipinski definition) is 0. The summed E-state index contributed by atoms with van der Waals surface area (Å²) in [6, 6.07) is 19.8. The maximum atomic E-state index is 12.5. The minimum absolute atomic E-state index is 0.0264. The number of esters is 2. The number of hydrogen-bond acceptors (Lipinski definition) is 7. The highest BCUT2D eigenvalue weighted by Crippen LogP contribution is 2.32. The molecule has 3 aromatic carbocycles. The lowest BCUT2D eigenvalue weighted by molar-refractivity contribution is -0.140. The second kappa shape index (κ2) is 9.11. The van der Waals surface area contributed by atoms with Gasteiger partial charge in [0.2, 0.25) is 0 Å². The number of carbonyl (C=O) groups is 2. The van der Waals surface area contributed by atoms with E-state index < -0.39 is 11.9 Å². The zero-order valence-electron chi connectivity index (χ0n) is 18.1. The number of rotatable bonds is 5. The molecule has 1 heterocycles. The second-order valence-corrected chi connectivity index (χ2v) is 7.19. The zero-order valence-corrected chi connectivity index (χ0v) is 18.1. The van der Waals surface area contributed by atoms with Gasteiger partial charge in [0.1, 0.15) is 18.2 Å². The molecule has 0 atom stereocenters. The topological polar surface area (TPSA) is 74.3 Å². The lowest BCUT2D eigenvalue weighted by Gasteiger charge is -2.31. The second-order valence-electron chi connectivity index (χ2n) is 7.19. The smallest absolute Gasteiger partial charge is 0.355 e. The Morgan fingerprint density at radius 3 is 2.31 bits per heavy atom. The average molecular weight is 433 g/mol. The van der Waals surface area contributed by atoms with Crippen LogP contribution in [-0.4, -0.2) is 46.6 Å². The summed E-state index contributed by atoms with van der Waals surface area (Å²) >= 11 is 0. The van der Waals surface area contributed by atoms with Crippen LogP contribution in [0.2, 0.25) is 0 Å². The van der Waals surface area contributed by atoms with Gasteiger partial charge in [-0.3, -0.25) is 0 Å². The molecule has 3 aromatic rings. The maximum absolute atomic E-state index is 12.5. The molecule has 1 aliphatic heterocycles. The SMILES string of the molecule is COC(=O)C1=C(C(=O)OC)N(c2cccc(-c3ccc4cc(OC)ccc4c3)c2)COC1. The van der Waals surface area contributed by atoms with Crippen LogP contribution >= 0.6 is 0 Å². The van der Waals surface area contributed by atoms with Crippen molar-refractivity contribution in [2.24, 2.45) is 0 Å². The minimum atomic E-state index is -0.629. The highest BCUT2D eigenvalue weighted by molar-refractivity contribution is 6.03. The van der Waals surface area contributed by atoms with Crippen molar-refractivity contribution in [3.05, 3.63) is 71.9 Å². The molecule has 164 valence electrons. The molecule has 0 saturated carbocycles. The number of benzene rings is 3.